The summed E-state index contributed by atoms with van der Waals surface area (Å²) in [5.74, 6) is 0. The minimum Gasteiger partial charge on any atom is -0.361 e. The second kappa shape index (κ2) is 4.79. The Hall–Kier alpha value is -2.52. The average molecular weight is 294 g/mol. The van der Waals surface area contributed by atoms with Crippen molar-refractivity contribution in [2.45, 2.75) is 0 Å². The van der Waals surface area contributed by atoms with Crippen molar-refractivity contribution >= 4 is 44.8 Å². The van der Waals surface area contributed by atoms with E-state index < -0.39 is 0 Å². The molecule has 2 N–H and O–H groups in total. The van der Waals surface area contributed by atoms with E-state index in [2.05, 4.69) is 39.6 Å². The molecule has 0 amide bonds. The fraction of sp³-hybridized carbons (Fsp3) is 0. The van der Waals surface area contributed by atoms with Gasteiger partial charge in [0.25, 0.3) is 0 Å². The largest absolute Gasteiger partial charge is 0.361 e. The highest BCUT2D eigenvalue weighted by atomic mass is 35.5. The minimum atomic E-state index is 0.695. The molecule has 2 aromatic carbocycles. The zero-order valence-electron chi connectivity index (χ0n) is 11.1. The van der Waals surface area contributed by atoms with Gasteiger partial charge in [0.1, 0.15) is 0 Å². The topological polar surface area (TPSA) is 40.7 Å². The molecule has 0 aliphatic carbocycles. The number of rotatable bonds is 2. The molecule has 0 aliphatic heterocycles. The molecule has 2 heterocycles. The Labute approximate surface area is 126 Å². The molecule has 102 valence electrons. The Morgan fingerprint density at radius 1 is 1.00 bits per heavy atom. The summed E-state index contributed by atoms with van der Waals surface area (Å²) < 4.78 is 0. The van der Waals surface area contributed by atoms with E-state index in [1.165, 1.54) is 5.39 Å². The van der Waals surface area contributed by atoms with Gasteiger partial charge >= 0.3 is 0 Å². The van der Waals surface area contributed by atoms with Crippen LogP contribution in [-0.2, 0) is 0 Å². The highest BCUT2D eigenvalue weighted by molar-refractivity contribution is 6.31. The van der Waals surface area contributed by atoms with Crippen LogP contribution in [0.3, 0.4) is 0 Å². The maximum absolute atomic E-state index is 6.02. The zero-order valence-corrected chi connectivity index (χ0v) is 11.9. The summed E-state index contributed by atoms with van der Waals surface area (Å²) in [6.45, 7) is 0. The van der Waals surface area contributed by atoms with Crippen molar-refractivity contribution < 1.29 is 0 Å². The molecule has 3 nitrogen and oxygen atoms in total. The molecule has 0 atom stereocenters. The van der Waals surface area contributed by atoms with Gasteiger partial charge in [0.05, 0.1) is 5.52 Å². The summed E-state index contributed by atoms with van der Waals surface area (Å²) in [5, 5.41) is 6.38. The molecule has 0 fully saturated rings. The van der Waals surface area contributed by atoms with Crippen molar-refractivity contribution in [1.82, 2.24) is 9.97 Å². The molecular weight excluding hydrogens is 282 g/mol. The Kier molecular flexibility index (Phi) is 2.79. The number of hydrogen-bond donors (Lipinski definition) is 2. The second-order valence-corrected chi connectivity index (χ2v) is 5.36. The summed E-state index contributed by atoms with van der Waals surface area (Å²) in [5.41, 5.74) is 4.08. The number of nitrogens with one attached hydrogen (secondary N) is 2. The minimum absolute atomic E-state index is 0.695. The standard InChI is InChI=1S/C17H12ClN3/c18-12-1-3-14-16(6-8-20-17(14)10-12)21-13-2-4-15-11(9-13)5-7-19-15/h1-10,19H,(H,20,21). The smallest absolute Gasteiger partial charge is 0.0737 e. The van der Waals surface area contributed by atoms with Crippen molar-refractivity contribution in [2.75, 3.05) is 5.32 Å². The number of fused-ring (bicyclic) bond motifs is 2. The van der Waals surface area contributed by atoms with E-state index >= 15 is 0 Å². The van der Waals surface area contributed by atoms with Gasteiger partial charge in [-0.05, 0) is 48.5 Å². The van der Waals surface area contributed by atoms with Crippen LogP contribution in [0.2, 0.25) is 5.02 Å². The lowest BCUT2D eigenvalue weighted by Gasteiger charge is -2.10. The second-order valence-electron chi connectivity index (χ2n) is 4.92. The van der Waals surface area contributed by atoms with Crippen molar-refractivity contribution in [3.63, 3.8) is 0 Å². The molecule has 0 spiro atoms. The molecule has 0 saturated heterocycles. The van der Waals surface area contributed by atoms with Crippen LogP contribution in [-0.4, -0.2) is 9.97 Å². The number of aromatic nitrogens is 2. The molecule has 2 aromatic heterocycles. The fourth-order valence-corrected chi connectivity index (χ4v) is 2.68. The van der Waals surface area contributed by atoms with E-state index in [0.29, 0.717) is 5.02 Å². The maximum atomic E-state index is 6.02. The van der Waals surface area contributed by atoms with Gasteiger partial charge in [0.15, 0.2) is 0 Å². The number of hydrogen-bond acceptors (Lipinski definition) is 2. The van der Waals surface area contributed by atoms with Crippen LogP contribution in [0.15, 0.2) is 60.9 Å². The first-order valence-corrected chi connectivity index (χ1v) is 7.06. The van der Waals surface area contributed by atoms with Crippen molar-refractivity contribution in [3.8, 4) is 0 Å². The predicted molar refractivity (Wildman–Crippen MR) is 88.3 cm³/mol. The van der Waals surface area contributed by atoms with Crippen molar-refractivity contribution in [1.29, 1.82) is 0 Å². The molecule has 0 radical (unpaired) electrons. The van der Waals surface area contributed by atoms with E-state index in [1.807, 2.05) is 30.5 Å². The third-order valence-electron chi connectivity index (χ3n) is 3.54. The van der Waals surface area contributed by atoms with Gasteiger partial charge in [-0.15, -0.1) is 0 Å². The summed E-state index contributed by atoms with van der Waals surface area (Å²) in [6.07, 6.45) is 3.73. The quantitative estimate of drug-likeness (QED) is 0.539. The first kappa shape index (κ1) is 12.2. The Bertz CT molecular complexity index is 943. The number of aromatic amines is 1. The van der Waals surface area contributed by atoms with Crippen LogP contribution in [0, 0.1) is 0 Å². The lowest BCUT2D eigenvalue weighted by molar-refractivity contribution is 1.40. The number of anilines is 2. The maximum Gasteiger partial charge on any atom is 0.0737 e. The highest BCUT2D eigenvalue weighted by Crippen LogP contribution is 2.28. The molecule has 4 heteroatoms. The molecule has 0 saturated carbocycles. The van der Waals surface area contributed by atoms with Gasteiger partial charge in [-0.3, -0.25) is 4.98 Å². The molecule has 4 aromatic rings. The Morgan fingerprint density at radius 3 is 2.90 bits per heavy atom. The summed E-state index contributed by atoms with van der Waals surface area (Å²) >= 11 is 6.02. The molecule has 0 unspecified atom stereocenters. The van der Waals surface area contributed by atoms with E-state index in [4.69, 9.17) is 11.6 Å². The zero-order chi connectivity index (χ0) is 14.2. The summed E-state index contributed by atoms with van der Waals surface area (Å²) in [7, 11) is 0. The van der Waals surface area contributed by atoms with Crippen LogP contribution in [0.5, 0.6) is 0 Å². The summed E-state index contributed by atoms with van der Waals surface area (Å²) in [6, 6.07) is 16.0. The molecular formula is C17H12ClN3. The van der Waals surface area contributed by atoms with Gasteiger partial charge < -0.3 is 10.3 Å². The predicted octanol–water partition coefficient (Wildman–Crippen LogP) is 5.11. The van der Waals surface area contributed by atoms with Crippen LogP contribution < -0.4 is 5.32 Å². The van der Waals surface area contributed by atoms with Gasteiger partial charge in [0.2, 0.25) is 0 Å². The fourth-order valence-electron chi connectivity index (χ4n) is 2.52. The molecule has 4 rings (SSSR count). The van der Waals surface area contributed by atoms with Gasteiger partial charge in [-0.2, -0.15) is 0 Å². The van der Waals surface area contributed by atoms with Crippen LogP contribution in [0.25, 0.3) is 21.8 Å². The Morgan fingerprint density at radius 2 is 1.95 bits per heavy atom. The highest BCUT2D eigenvalue weighted by Gasteiger charge is 2.04. The first-order chi connectivity index (χ1) is 10.3. The van der Waals surface area contributed by atoms with Gasteiger partial charge in [0, 0.05) is 45.1 Å². The normalized spacial score (nSPS) is 11.1. The third-order valence-corrected chi connectivity index (χ3v) is 3.77. The van der Waals surface area contributed by atoms with E-state index in [1.54, 1.807) is 6.20 Å². The number of pyridine rings is 1. The SMILES string of the molecule is Clc1ccc2c(Nc3ccc4[nH]ccc4c3)ccnc2c1. The first-order valence-electron chi connectivity index (χ1n) is 6.68. The number of nitrogens with zero attached hydrogens (tertiary/aromatic N) is 1. The monoisotopic (exact) mass is 293 g/mol. The van der Waals surface area contributed by atoms with Crippen LogP contribution in [0.4, 0.5) is 11.4 Å². The summed E-state index contributed by atoms with van der Waals surface area (Å²) in [4.78, 5) is 7.55. The van der Waals surface area contributed by atoms with Gasteiger partial charge in [-0.25, -0.2) is 0 Å². The molecule has 0 aliphatic rings. The third kappa shape index (κ3) is 2.22. The van der Waals surface area contributed by atoms with Gasteiger partial charge in [-0.1, -0.05) is 11.6 Å². The van der Waals surface area contributed by atoms with Crippen molar-refractivity contribution in [2.24, 2.45) is 0 Å². The lowest BCUT2D eigenvalue weighted by Crippen LogP contribution is -1.92. The average Bonchev–Trinajstić information content (AvgIpc) is 2.95. The van der Waals surface area contributed by atoms with E-state index in [-0.39, 0.29) is 0 Å². The van der Waals surface area contributed by atoms with Crippen LogP contribution >= 0.6 is 11.6 Å². The lowest BCUT2D eigenvalue weighted by atomic mass is 10.1. The van der Waals surface area contributed by atoms with E-state index in [0.717, 1.165) is 27.8 Å². The van der Waals surface area contributed by atoms with Crippen LogP contribution in [0.1, 0.15) is 0 Å². The molecule has 21 heavy (non-hydrogen) atoms. The molecule has 0 bridgehead atoms. The van der Waals surface area contributed by atoms with Crippen molar-refractivity contribution in [3.05, 3.63) is 65.9 Å². The number of H-pyrrole nitrogens is 1. The van der Waals surface area contributed by atoms with E-state index in [9.17, 15) is 0 Å². The number of benzene rings is 2. The number of halogens is 1. The Balaban J connectivity index is 1.79.